The molecule has 2 aliphatic heterocycles. The van der Waals surface area contributed by atoms with Gasteiger partial charge in [0.15, 0.2) is 9.84 Å². The zero-order chi connectivity index (χ0) is 19.9. The highest BCUT2D eigenvalue weighted by Crippen LogP contribution is 2.34. The van der Waals surface area contributed by atoms with E-state index < -0.39 is 9.84 Å². The van der Waals surface area contributed by atoms with Crippen LogP contribution in [-0.4, -0.2) is 50.6 Å². The van der Waals surface area contributed by atoms with Crippen LogP contribution in [-0.2, 0) is 14.6 Å². The van der Waals surface area contributed by atoms with Crippen molar-refractivity contribution in [2.24, 2.45) is 0 Å². The lowest BCUT2D eigenvalue weighted by molar-refractivity contribution is -0.118. The quantitative estimate of drug-likeness (QED) is 0.789. The molecule has 2 heterocycles. The zero-order valence-corrected chi connectivity index (χ0v) is 16.8. The van der Waals surface area contributed by atoms with Crippen LogP contribution in [0.5, 0.6) is 5.75 Å². The molecule has 2 aliphatic rings. The number of para-hydroxylation sites is 1. The number of fused-ring (bicyclic) bond motifs is 1. The van der Waals surface area contributed by atoms with Crippen molar-refractivity contribution in [1.29, 1.82) is 0 Å². The van der Waals surface area contributed by atoms with Crippen LogP contribution in [0.2, 0.25) is 0 Å². The topological polar surface area (TPSA) is 66.9 Å². The van der Waals surface area contributed by atoms with Crippen LogP contribution in [0.3, 0.4) is 0 Å². The van der Waals surface area contributed by atoms with Gasteiger partial charge in [-0.1, -0.05) is 18.2 Å². The van der Waals surface area contributed by atoms with Gasteiger partial charge < -0.3 is 14.5 Å². The number of nitrogens with zero attached hydrogens (tertiary/aromatic N) is 2. The lowest BCUT2D eigenvalue weighted by atomic mass is 10.0. The summed E-state index contributed by atoms with van der Waals surface area (Å²) in [6.07, 6.45) is 0.0752. The van der Waals surface area contributed by atoms with E-state index in [4.69, 9.17) is 4.74 Å². The van der Waals surface area contributed by atoms with Gasteiger partial charge in [-0.05, 0) is 50.2 Å². The average Bonchev–Trinajstić information content (AvgIpc) is 2.97. The van der Waals surface area contributed by atoms with Crippen molar-refractivity contribution in [3.05, 3.63) is 54.6 Å². The largest absolute Gasteiger partial charge is 0.491 e. The summed E-state index contributed by atoms with van der Waals surface area (Å²) in [4.78, 5) is 16.6. The van der Waals surface area contributed by atoms with Crippen LogP contribution >= 0.6 is 0 Å². The Morgan fingerprint density at radius 3 is 2.21 bits per heavy atom. The van der Waals surface area contributed by atoms with Crippen molar-refractivity contribution >= 4 is 27.1 Å². The van der Waals surface area contributed by atoms with Crippen LogP contribution in [0, 0.1) is 0 Å². The van der Waals surface area contributed by atoms with Gasteiger partial charge in [0.2, 0.25) is 5.91 Å². The molecule has 6 nitrogen and oxygen atoms in total. The number of anilines is 2. The highest BCUT2D eigenvalue weighted by atomic mass is 32.2. The van der Waals surface area contributed by atoms with Crippen molar-refractivity contribution in [3.63, 3.8) is 0 Å². The molecule has 4 rings (SSSR count). The summed E-state index contributed by atoms with van der Waals surface area (Å²) in [6.45, 7) is 4.07. The number of carbonyl (C=O) groups excluding carboxylic acids is 1. The van der Waals surface area contributed by atoms with Gasteiger partial charge in [-0.25, -0.2) is 8.42 Å². The first-order valence-electron chi connectivity index (χ1n) is 9.45. The summed E-state index contributed by atoms with van der Waals surface area (Å²) < 4.78 is 30.6. The molecular formula is C21H24N2O4S. The molecule has 0 radical (unpaired) electrons. The molecule has 0 aromatic heterocycles. The van der Waals surface area contributed by atoms with Crippen LogP contribution in [0.15, 0.2) is 54.6 Å². The van der Waals surface area contributed by atoms with E-state index in [9.17, 15) is 13.2 Å². The van der Waals surface area contributed by atoms with Gasteiger partial charge in [0.05, 0.1) is 36.2 Å². The number of benzene rings is 2. The van der Waals surface area contributed by atoms with Gasteiger partial charge in [-0.2, -0.15) is 0 Å². The van der Waals surface area contributed by atoms with Gasteiger partial charge in [0, 0.05) is 11.4 Å². The second-order valence-corrected chi connectivity index (χ2v) is 9.75. The third-order valence-corrected chi connectivity index (χ3v) is 6.87. The first kappa shape index (κ1) is 18.8. The normalized spacial score (nSPS) is 23.8. The first-order chi connectivity index (χ1) is 13.3. The highest BCUT2D eigenvalue weighted by molar-refractivity contribution is 7.91. The predicted molar refractivity (Wildman–Crippen MR) is 110 cm³/mol. The summed E-state index contributed by atoms with van der Waals surface area (Å²) in [6, 6.07) is 16.2. The molecule has 148 valence electrons. The van der Waals surface area contributed by atoms with E-state index in [1.807, 2.05) is 73.3 Å². The van der Waals surface area contributed by atoms with E-state index in [0.717, 1.165) is 17.1 Å². The number of hydrogen-bond donors (Lipinski definition) is 0. The molecule has 28 heavy (non-hydrogen) atoms. The Morgan fingerprint density at radius 1 is 0.929 bits per heavy atom. The van der Waals surface area contributed by atoms with Crippen LogP contribution < -0.4 is 14.5 Å². The molecule has 2 aromatic carbocycles. The van der Waals surface area contributed by atoms with Crippen LogP contribution in [0.25, 0.3) is 0 Å². The van der Waals surface area contributed by atoms with Gasteiger partial charge in [-0.15, -0.1) is 0 Å². The molecule has 0 aliphatic carbocycles. The maximum Gasteiger partial charge on any atom is 0.246 e. The van der Waals surface area contributed by atoms with E-state index in [-0.39, 0.29) is 42.1 Å². The summed E-state index contributed by atoms with van der Waals surface area (Å²) in [5, 5.41) is 0. The third kappa shape index (κ3) is 3.58. The van der Waals surface area contributed by atoms with Crippen molar-refractivity contribution in [3.8, 4) is 5.75 Å². The molecule has 2 saturated heterocycles. The zero-order valence-electron chi connectivity index (χ0n) is 16.0. The number of ether oxygens (including phenoxy) is 1. The van der Waals surface area contributed by atoms with Crippen molar-refractivity contribution in [2.45, 2.75) is 32.0 Å². The monoisotopic (exact) mass is 400 g/mol. The third-order valence-electron chi connectivity index (χ3n) is 5.17. The number of carbonyl (C=O) groups is 1. The molecule has 2 aromatic rings. The molecule has 2 fully saturated rings. The van der Waals surface area contributed by atoms with Crippen LogP contribution in [0.1, 0.15) is 13.8 Å². The molecule has 2 unspecified atom stereocenters. The second kappa shape index (κ2) is 7.13. The second-order valence-electron chi connectivity index (χ2n) is 7.60. The SMILES string of the molecule is CC(C)Oc1ccc(N2CC(=O)N(c3ccccc3)C3CS(=O)(=O)CC32)cc1. The minimum absolute atomic E-state index is 0.0106. The Hall–Kier alpha value is -2.54. The molecule has 0 saturated carbocycles. The highest BCUT2D eigenvalue weighted by Gasteiger charge is 2.49. The van der Waals surface area contributed by atoms with Gasteiger partial charge >= 0.3 is 0 Å². The smallest absolute Gasteiger partial charge is 0.246 e. The predicted octanol–water partition coefficient (Wildman–Crippen LogP) is 2.49. The molecule has 0 bridgehead atoms. The number of rotatable bonds is 4. The Bertz CT molecular complexity index is 958. The van der Waals surface area contributed by atoms with Gasteiger partial charge in [0.25, 0.3) is 0 Å². The molecule has 0 N–H and O–H groups in total. The minimum Gasteiger partial charge on any atom is -0.491 e. The molecule has 0 spiro atoms. The number of piperazine rings is 1. The Kier molecular flexibility index (Phi) is 4.79. The fraction of sp³-hybridized carbons (Fsp3) is 0.381. The van der Waals surface area contributed by atoms with E-state index in [1.165, 1.54) is 0 Å². The fourth-order valence-electron chi connectivity index (χ4n) is 4.07. The van der Waals surface area contributed by atoms with Crippen molar-refractivity contribution < 1.29 is 17.9 Å². The van der Waals surface area contributed by atoms with E-state index >= 15 is 0 Å². The lowest BCUT2D eigenvalue weighted by Crippen LogP contribution is -2.62. The van der Waals surface area contributed by atoms with Crippen molar-refractivity contribution in [1.82, 2.24) is 0 Å². The molecular weight excluding hydrogens is 376 g/mol. The average molecular weight is 401 g/mol. The standard InChI is InChI=1S/C21H24N2O4S/c1-15(2)27-18-10-8-16(9-11-18)22-12-21(24)23(17-6-4-3-5-7-17)20-14-28(25,26)13-19(20)22/h3-11,15,19-20H,12-14H2,1-2H3. The number of hydrogen-bond acceptors (Lipinski definition) is 5. The summed E-state index contributed by atoms with van der Waals surface area (Å²) in [5.41, 5.74) is 1.59. The number of amides is 1. The van der Waals surface area contributed by atoms with E-state index in [0.29, 0.717) is 0 Å². The minimum atomic E-state index is -3.22. The Morgan fingerprint density at radius 2 is 1.57 bits per heavy atom. The molecule has 1 amide bonds. The first-order valence-corrected chi connectivity index (χ1v) is 11.3. The maximum atomic E-state index is 13.0. The summed E-state index contributed by atoms with van der Waals surface area (Å²) in [7, 11) is -3.22. The molecule has 2 atom stereocenters. The van der Waals surface area contributed by atoms with Gasteiger partial charge in [0.1, 0.15) is 5.75 Å². The fourth-order valence-corrected chi connectivity index (χ4v) is 6.02. The molecule has 7 heteroatoms. The van der Waals surface area contributed by atoms with E-state index in [2.05, 4.69) is 0 Å². The van der Waals surface area contributed by atoms with E-state index in [1.54, 1.807) is 4.90 Å². The Balaban J connectivity index is 1.67. The van der Waals surface area contributed by atoms with Crippen LogP contribution in [0.4, 0.5) is 11.4 Å². The Labute approximate surface area is 165 Å². The van der Waals surface area contributed by atoms with Gasteiger partial charge in [-0.3, -0.25) is 4.79 Å². The summed E-state index contributed by atoms with van der Waals surface area (Å²) in [5.74, 6) is 0.706. The lowest BCUT2D eigenvalue weighted by Gasteiger charge is -2.44. The summed E-state index contributed by atoms with van der Waals surface area (Å²) >= 11 is 0. The maximum absolute atomic E-state index is 13.0. The van der Waals surface area contributed by atoms with Crippen molar-refractivity contribution in [2.75, 3.05) is 27.9 Å². The number of sulfone groups is 1.